The van der Waals surface area contributed by atoms with Crippen molar-refractivity contribution in [3.8, 4) is 0 Å². The zero-order valence-corrected chi connectivity index (χ0v) is 32.7. The van der Waals surface area contributed by atoms with Crippen molar-refractivity contribution in [1.82, 2.24) is 10.2 Å². The van der Waals surface area contributed by atoms with Crippen molar-refractivity contribution in [2.45, 2.75) is 110 Å². The largest absolute Gasteiger partial charge is 0.456 e. The predicted octanol–water partition coefficient (Wildman–Crippen LogP) is 6.42. The number of esters is 3. The maximum absolute atomic E-state index is 13.7. The number of nitrogens with one attached hydrogen (secondary N) is 1. The molecule has 2 unspecified atom stereocenters. The number of benzene rings is 3. The van der Waals surface area contributed by atoms with E-state index in [1.165, 1.54) is 26.3 Å². The van der Waals surface area contributed by atoms with Gasteiger partial charge in [0.2, 0.25) is 18.3 Å². The molecule has 1 N–H and O–H groups in total. The third-order valence-electron chi connectivity index (χ3n) is 9.17. The lowest BCUT2D eigenvalue weighted by molar-refractivity contribution is -0.195. The van der Waals surface area contributed by atoms with Crippen LogP contribution in [0.25, 0.3) is 0 Å². The highest BCUT2D eigenvalue weighted by Crippen LogP contribution is 2.33. The fourth-order valence-electron chi connectivity index (χ4n) is 6.52. The van der Waals surface area contributed by atoms with Crippen LogP contribution >= 0.6 is 0 Å². The molecule has 5 atom stereocenters. The average Bonchev–Trinajstić information content (AvgIpc) is 3.41. The summed E-state index contributed by atoms with van der Waals surface area (Å²) in [5.74, 6) is -2.39. The SMILES string of the molecule is CC(=O)OC1O[C@H](C[C@H](CCCNC(=O)Cc2ccc(C(C)(C)C)cc2)CN(Cc2ccccc2)C(=O)OCc2ccccc2)C(OC(C)=O)[C@@H]1OC(C)=O. The molecular formula is C43H54N2O10. The van der Waals surface area contributed by atoms with E-state index >= 15 is 0 Å². The molecule has 12 heteroatoms. The van der Waals surface area contributed by atoms with Gasteiger partial charge in [0.1, 0.15) is 12.7 Å². The fraction of sp³-hybridized carbons (Fsp3) is 0.465. The van der Waals surface area contributed by atoms with Crippen molar-refractivity contribution in [3.63, 3.8) is 0 Å². The van der Waals surface area contributed by atoms with Gasteiger partial charge in [-0.1, -0.05) is 106 Å². The van der Waals surface area contributed by atoms with E-state index in [2.05, 4.69) is 26.1 Å². The van der Waals surface area contributed by atoms with E-state index in [9.17, 15) is 24.0 Å². The highest BCUT2D eigenvalue weighted by molar-refractivity contribution is 5.78. The molecule has 12 nitrogen and oxygen atoms in total. The van der Waals surface area contributed by atoms with Crippen LogP contribution in [-0.4, -0.2) is 72.5 Å². The number of rotatable bonds is 17. The third kappa shape index (κ3) is 14.2. The molecule has 1 aliphatic rings. The van der Waals surface area contributed by atoms with Crippen LogP contribution in [-0.2, 0) is 67.8 Å². The quantitative estimate of drug-likeness (QED) is 0.0930. The van der Waals surface area contributed by atoms with Crippen molar-refractivity contribution in [2.24, 2.45) is 5.92 Å². The van der Waals surface area contributed by atoms with E-state index in [-0.39, 0.29) is 49.8 Å². The van der Waals surface area contributed by atoms with Gasteiger partial charge in [-0.2, -0.15) is 0 Å². The molecule has 1 heterocycles. The van der Waals surface area contributed by atoms with Crippen molar-refractivity contribution in [3.05, 3.63) is 107 Å². The summed E-state index contributed by atoms with van der Waals surface area (Å²) in [6, 6.07) is 26.9. The Bertz CT molecular complexity index is 1710. The van der Waals surface area contributed by atoms with Crippen molar-refractivity contribution >= 4 is 29.9 Å². The molecule has 0 saturated carbocycles. The molecule has 1 saturated heterocycles. The van der Waals surface area contributed by atoms with Crippen molar-refractivity contribution in [1.29, 1.82) is 0 Å². The van der Waals surface area contributed by atoms with Gasteiger partial charge >= 0.3 is 24.0 Å². The molecule has 4 rings (SSSR count). The number of amides is 2. The van der Waals surface area contributed by atoms with E-state index in [1.54, 1.807) is 4.90 Å². The lowest BCUT2D eigenvalue weighted by Crippen LogP contribution is -2.42. The van der Waals surface area contributed by atoms with Gasteiger partial charge in [-0.25, -0.2) is 4.79 Å². The average molecular weight is 759 g/mol. The number of hydrogen-bond donors (Lipinski definition) is 1. The lowest BCUT2D eigenvalue weighted by Gasteiger charge is -2.30. The molecule has 0 spiro atoms. The van der Waals surface area contributed by atoms with E-state index in [0.717, 1.165) is 16.7 Å². The first-order valence-corrected chi connectivity index (χ1v) is 18.7. The molecule has 0 aliphatic carbocycles. The molecule has 296 valence electrons. The maximum Gasteiger partial charge on any atom is 0.410 e. The second-order valence-corrected chi connectivity index (χ2v) is 14.9. The van der Waals surface area contributed by atoms with Crippen LogP contribution in [0, 0.1) is 5.92 Å². The minimum Gasteiger partial charge on any atom is -0.456 e. The van der Waals surface area contributed by atoms with E-state index in [1.807, 2.05) is 84.9 Å². The molecule has 3 aromatic rings. The number of carbonyl (C=O) groups is 5. The van der Waals surface area contributed by atoms with Crippen LogP contribution in [0.3, 0.4) is 0 Å². The van der Waals surface area contributed by atoms with E-state index in [0.29, 0.717) is 19.4 Å². The summed E-state index contributed by atoms with van der Waals surface area (Å²) < 4.78 is 28.4. The third-order valence-corrected chi connectivity index (χ3v) is 9.17. The Morgan fingerprint density at radius 3 is 1.91 bits per heavy atom. The monoisotopic (exact) mass is 758 g/mol. The van der Waals surface area contributed by atoms with Crippen LogP contribution in [0.1, 0.15) is 83.1 Å². The van der Waals surface area contributed by atoms with Crippen LogP contribution < -0.4 is 5.32 Å². The molecule has 1 aliphatic heterocycles. The van der Waals surface area contributed by atoms with Gasteiger partial charge in [-0.3, -0.25) is 19.2 Å². The molecule has 0 aromatic heterocycles. The summed E-state index contributed by atoms with van der Waals surface area (Å²) >= 11 is 0. The number of nitrogens with zero attached hydrogens (tertiary/aromatic N) is 1. The Balaban J connectivity index is 1.53. The number of ether oxygens (including phenoxy) is 5. The van der Waals surface area contributed by atoms with Crippen LogP contribution in [0.4, 0.5) is 4.79 Å². The Morgan fingerprint density at radius 1 is 0.745 bits per heavy atom. The summed E-state index contributed by atoms with van der Waals surface area (Å²) in [6.07, 6.45) is -3.49. The molecule has 55 heavy (non-hydrogen) atoms. The Labute approximate surface area is 323 Å². The van der Waals surface area contributed by atoms with Crippen LogP contribution in [0.2, 0.25) is 0 Å². The minimum atomic E-state index is -1.32. The van der Waals surface area contributed by atoms with Crippen LogP contribution in [0.15, 0.2) is 84.9 Å². The highest BCUT2D eigenvalue weighted by atomic mass is 16.7. The smallest absolute Gasteiger partial charge is 0.410 e. The lowest BCUT2D eigenvalue weighted by atomic mass is 9.86. The minimum absolute atomic E-state index is 0.0110. The predicted molar refractivity (Wildman–Crippen MR) is 204 cm³/mol. The molecule has 1 fully saturated rings. The Kier molecular flexibility index (Phi) is 15.8. The van der Waals surface area contributed by atoms with E-state index < -0.39 is 48.6 Å². The summed E-state index contributed by atoms with van der Waals surface area (Å²) in [6.45, 7) is 11.0. The summed E-state index contributed by atoms with van der Waals surface area (Å²) in [5, 5.41) is 3.01. The van der Waals surface area contributed by atoms with Crippen molar-refractivity contribution in [2.75, 3.05) is 13.1 Å². The van der Waals surface area contributed by atoms with Gasteiger partial charge < -0.3 is 33.9 Å². The Morgan fingerprint density at radius 2 is 1.33 bits per heavy atom. The topological polar surface area (TPSA) is 147 Å². The molecule has 0 radical (unpaired) electrons. The fourth-order valence-corrected chi connectivity index (χ4v) is 6.52. The van der Waals surface area contributed by atoms with Gasteiger partial charge in [0.25, 0.3) is 0 Å². The zero-order valence-electron chi connectivity index (χ0n) is 32.7. The summed E-state index contributed by atoms with van der Waals surface area (Å²) in [7, 11) is 0. The first kappa shape index (κ1) is 42.5. The maximum atomic E-state index is 13.7. The van der Waals surface area contributed by atoms with Crippen molar-refractivity contribution < 1.29 is 47.7 Å². The van der Waals surface area contributed by atoms with E-state index in [4.69, 9.17) is 23.7 Å². The van der Waals surface area contributed by atoms with Gasteiger partial charge in [0.05, 0.1) is 6.42 Å². The molecule has 0 bridgehead atoms. The molecule has 3 aromatic carbocycles. The standard InChI is InChI=1S/C43H54N2O10/c1-29(46)52-39-37(55-41(54-31(3)48)40(39)53-30(2)47)24-35(18-13-23-44-38(49)25-32-19-21-36(22-20-32)43(4,5)6)27-45(26-33-14-9-7-10-15-33)42(50)51-28-34-16-11-8-12-17-34/h7-12,14-17,19-22,35,37,39-41H,13,18,23-28H2,1-6H3,(H,44,49)/t35-,37+,39?,40-,41?/m0/s1. The van der Waals surface area contributed by atoms with Gasteiger partial charge in [-0.15, -0.1) is 0 Å². The molecule has 2 amide bonds. The first-order chi connectivity index (χ1) is 26.2. The molecular weight excluding hydrogens is 704 g/mol. The number of hydrogen-bond acceptors (Lipinski definition) is 10. The normalized spacial score (nSPS) is 18.4. The zero-order chi connectivity index (χ0) is 40.0. The summed E-state index contributed by atoms with van der Waals surface area (Å²) in [5.41, 5.74) is 3.84. The number of carbonyl (C=O) groups excluding carboxylic acids is 5. The van der Waals surface area contributed by atoms with Gasteiger partial charge in [0.15, 0.2) is 6.10 Å². The second-order valence-electron chi connectivity index (χ2n) is 14.9. The highest BCUT2D eigenvalue weighted by Gasteiger charge is 2.51. The first-order valence-electron chi connectivity index (χ1n) is 18.7. The summed E-state index contributed by atoms with van der Waals surface area (Å²) in [4.78, 5) is 64.7. The van der Waals surface area contributed by atoms with Gasteiger partial charge in [-0.05, 0) is 52.8 Å². The Hall–Kier alpha value is -5.23. The van der Waals surface area contributed by atoms with Crippen LogP contribution in [0.5, 0.6) is 0 Å². The second kappa shape index (κ2) is 20.5. The van der Waals surface area contributed by atoms with Gasteiger partial charge in [0, 0.05) is 40.4 Å².